The fourth-order valence-corrected chi connectivity index (χ4v) is 3.19. The van der Waals surface area contributed by atoms with Gasteiger partial charge in [0.2, 0.25) is 5.89 Å². The summed E-state index contributed by atoms with van der Waals surface area (Å²) in [5, 5.41) is 10.5. The molecule has 1 N–H and O–H groups in total. The van der Waals surface area contributed by atoms with Gasteiger partial charge in [-0.05, 0) is 23.3 Å². The average molecular weight is 457 g/mol. The van der Waals surface area contributed by atoms with Gasteiger partial charge in [-0.1, -0.05) is 78.9 Å². The Labute approximate surface area is 196 Å². The van der Waals surface area contributed by atoms with Gasteiger partial charge in [0.15, 0.2) is 6.61 Å². The number of carbonyl (C=O) groups excluding carboxylic acids is 2. The smallest absolute Gasteiger partial charge is 0.408 e. The summed E-state index contributed by atoms with van der Waals surface area (Å²) in [5.74, 6) is -0.160. The van der Waals surface area contributed by atoms with Crippen molar-refractivity contribution in [1.29, 1.82) is 0 Å². The van der Waals surface area contributed by atoms with Gasteiger partial charge in [-0.15, -0.1) is 10.2 Å². The van der Waals surface area contributed by atoms with Crippen LogP contribution in [0.3, 0.4) is 0 Å². The number of esters is 1. The lowest BCUT2D eigenvalue weighted by molar-refractivity contribution is -0.148. The van der Waals surface area contributed by atoms with Gasteiger partial charge in [-0.2, -0.15) is 0 Å². The molecule has 4 rings (SSSR count). The number of carbonyl (C=O) groups is 2. The summed E-state index contributed by atoms with van der Waals surface area (Å²) in [7, 11) is 0. The Hall–Kier alpha value is -4.46. The first-order chi connectivity index (χ1) is 16.7. The van der Waals surface area contributed by atoms with E-state index in [4.69, 9.17) is 13.9 Å². The molecule has 34 heavy (non-hydrogen) atoms. The highest BCUT2D eigenvalue weighted by molar-refractivity contribution is 5.81. The van der Waals surface area contributed by atoms with Crippen molar-refractivity contribution in [3.05, 3.63) is 108 Å². The average Bonchev–Trinajstić information content (AvgIpc) is 3.37. The van der Waals surface area contributed by atoms with Crippen molar-refractivity contribution in [3.63, 3.8) is 0 Å². The summed E-state index contributed by atoms with van der Waals surface area (Å²) >= 11 is 0. The van der Waals surface area contributed by atoms with Crippen molar-refractivity contribution < 1.29 is 23.5 Å². The summed E-state index contributed by atoms with van der Waals surface area (Å²) in [6, 6.07) is 26.9. The van der Waals surface area contributed by atoms with Crippen molar-refractivity contribution in [2.45, 2.75) is 25.7 Å². The fraction of sp³-hybridized carbons (Fsp3) is 0.154. The zero-order valence-electron chi connectivity index (χ0n) is 18.3. The minimum Gasteiger partial charge on any atom is -0.454 e. The van der Waals surface area contributed by atoms with Gasteiger partial charge in [0.1, 0.15) is 12.6 Å². The van der Waals surface area contributed by atoms with Crippen molar-refractivity contribution >= 4 is 12.1 Å². The van der Waals surface area contributed by atoms with E-state index >= 15 is 0 Å². The quantitative estimate of drug-likeness (QED) is 0.373. The van der Waals surface area contributed by atoms with Crippen LogP contribution < -0.4 is 5.32 Å². The summed E-state index contributed by atoms with van der Waals surface area (Å²) in [6.07, 6.45) is -0.481. The first-order valence-corrected chi connectivity index (χ1v) is 10.7. The molecule has 1 atom stereocenters. The van der Waals surface area contributed by atoms with Gasteiger partial charge in [-0.25, -0.2) is 9.59 Å². The monoisotopic (exact) mass is 457 g/mol. The summed E-state index contributed by atoms with van der Waals surface area (Å²) < 4.78 is 16.2. The Morgan fingerprint density at radius 3 is 2.06 bits per heavy atom. The molecule has 0 radical (unpaired) electrons. The standard InChI is InChI=1S/C26H23N3O5/c30-25(32-18-23-28-29-24(34-23)21-14-8-3-9-15-21)22(16-19-10-4-1-5-11-19)27-26(31)33-17-20-12-6-2-7-13-20/h1-15,22H,16-18H2,(H,27,31). The van der Waals surface area contributed by atoms with Crippen LogP contribution in [0.5, 0.6) is 0 Å². The van der Waals surface area contributed by atoms with Gasteiger partial charge in [-0.3, -0.25) is 0 Å². The number of nitrogens with zero attached hydrogens (tertiary/aromatic N) is 2. The van der Waals surface area contributed by atoms with E-state index in [2.05, 4.69) is 15.5 Å². The van der Waals surface area contributed by atoms with E-state index in [-0.39, 0.29) is 25.5 Å². The molecule has 1 heterocycles. The summed E-state index contributed by atoms with van der Waals surface area (Å²) in [4.78, 5) is 25.2. The number of nitrogens with one attached hydrogen (secondary N) is 1. The van der Waals surface area contributed by atoms with Crippen LogP contribution in [-0.4, -0.2) is 28.3 Å². The van der Waals surface area contributed by atoms with E-state index in [9.17, 15) is 9.59 Å². The maximum absolute atomic E-state index is 12.8. The van der Waals surface area contributed by atoms with Crippen molar-refractivity contribution in [2.75, 3.05) is 0 Å². The van der Waals surface area contributed by atoms with E-state index in [1.54, 1.807) is 0 Å². The SMILES string of the molecule is O=C(NC(Cc1ccccc1)C(=O)OCc1nnc(-c2ccccc2)o1)OCc1ccccc1. The molecule has 4 aromatic rings. The van der Waals surface area contributed by atoms with Crippen LogP contribution in [-0.2, 0) is 33.9 Å². The molecule has 0 aliphatic rings. The highest BCUT2D eigenvalue weighted by Crippen LogP contribution is 2.17. The maximum atomic E-state index is 12.8. The van der Waals surface area contributed by atoms with E-state index in [1.165, 1.54) is 0 Å². The van der Waals surface area contributed by atoms with Crippen LogP contribution in [0.1, 0.15) is 17.0 Å². The third-order valence-corrected chi connectivity index (χ3v) is 4.90. The van der Waals surface area contributed by atoms with Gasteiger partial charge >= 0.3 is 12.1 Å². The number of benzene rings is 3. The molecule has 0 fully saturated rings. The third kappa shape index (κ3) is 6.52. The van der Waals surface area contributed by atoms with Gasteiger partial charge < -0.3 is 19.2 Å². The van der Waals surface area contributed by atoms with Crippen molar-refractivity contribution in [2.24, 2.45) is 0 Å². The minimum atomic E-state index is -0.956. The summed E-state index contributed by atoms with van der Waals surface area (Å²) in [5.41, 5.74) is 2.46. The molecule has 0 spiro atoms. The molecular formula is C26H23N3O5. The number of rotatable bonds is 9. The Balaban J connectivity index is 1.37. The summed E-state index contributed by atoms with van der Waals surface area (Å²) in [6.45, 7) is -0.130. The normalized spacial score (nSPS) is 11.4. The predicted octanol–water partition coefficient (Wildman–Crippen LogP) is 4.32. The second-order valence-electron chi connectivity index (χ2n) is 7.42. The first-order valence-electron chi connectivity index (χ1n) is 10.7. The largest absolute Gasteiger partial charge is 0.454 e. The van der Waals surface area contributed by atoms with E-state index in [0.717, 1.165) is 16.7 Å². The lowest BCUT2D eigenvalue weighted by Crippen LogP contribution is -2.43. The van der Waals surface area contributed by atoms with Crippen molar-refractivity contribution in [1.82, 2.24) is 15.5 Å². The number of aromatic nitrogens is 2. The first kappa shape index (κ1) is 22.7. The number of hydrogen-bond donors (Lipinski definition) is 1. The Bertz CT molecular complexity index is 1200. The van der Waals surface area contributed by atoms with Crippen LogP contribution in [0, 0.1) is 0 Å². The Morgan fingerprint density at radius 1 is 0.765 bits per heavy atom. The van der Waals surface area contributed by atoms with Crippen molar-refractivity contribution in [3.8, 4) is 11.5 Å². The number of ether oxygens (including phenoxy) is 2. The topological polar surface area (TPSA) is 104 Å². The lowest BCUT2D eigenvalue weighted by atomic mass is 10.1. The van der Waals surface area contributed by atoms with Crippen LogP contribution in [0.15, 0.2) is 95.4 Å². The molecule has 0 aliphatic heterocycles. The van der Waals surface area contributed by atoms with Gasteiger partial charge in [0, 0.05) is 12.0 Å². The molecule has 1 amide bonds. The molecule has 172 valence electrons. The molecule has 0 saturated carbocycles. The molecule has 1 unspecified atom stereocenters. The van der Waals surface area contributed by atoms with Crippen LogP contribution in [0.25, 0.3) is 11.5 Å². The molecule has 8 heteroatoms. The molecule has 0 bridgehead atoms. The van der Waals surface area contributed by atoms with Gasteiger partial charge in [0.05, 0.1) is 0 Å². The number of alkyl carbamates (subject to hydrolysis) is 1. The Morgan fingerprint density at radius 2 is 1.38 bits per heavy atom. The maximum Gasteiger partial charge on any atom is 0.408 e. The number of hydrogen-bond acceptors (Lipinski definition) is 7. The zero-order chi connectivity index (χ0) is 23.6. The zero-order valence-corrected chi connectivity index (χ0v) is 18.3. The molecular weight excluding hydrogens is 434 g/mol. The van der Waals surface area contributed by atoms with E-state index < -0.39 is 18.1 Å². The van der Waals surface area contributed by atoms with Crippen LogP contribution in [0.2, 0.25) is 0 Å². The molecule has 0 aliphatic carbocycles. The van der Waals surface area contributed by atoms with E-state index in [0.29, 0.717) is 5.89 Å². The third-order valence-electron chi connectivity index (χ3n) is 4.90. The Kier molecular flexibility index (Phi) is 7.63. The lowest BCUT2D eigenvalue weighted by Gasteiger charge is -2.17. The van der Waals surface area contributed by atoms with Crippen LogP contribution >= 0.6 is 0 Å². The second-order valence-corrected chi connectivity index (χ2v) is 7.42. The molecule has 3 aromatic carbocycles. The molecule has 8 nitrogen and oxygen atoms in total. The van der Waals surface area contributed by atoms with Gasteiger partial charge in [0.25, 0.3) is 5.89 Å². The highest BCUT2D eigenvalue weighted by Gasteiger charge is 2.24. The second kappa shape index (κ2) is 11.4. The molecule has 1 aromatic heterocycles. The molecule has 0 saturated heterocycles. The van der Waals surface area contributed by atoms with Crippen LogP contribution in [0.4, 0.5) is 4.79 Å². The minimum absolute atomic E-state index is 0.0873. The highest BCUT2D eigenvalue weighted by atomic mass is 16.6. The number of amides is 1. The fourth-order valence-electron chi connectivity index (χ4n) is 3.19. The predicted molar refractivity (Wildman–Crippen MR) is 123 cm³/mol. The van der Waals surface area contributed by atoms with E-state index in [1.807, 2.05) is 91.0 Å².